The van der Waals surface area contributed by atoms with Crippen molar-refractivity contribution in [1.29, 1.82) is 0 Å². The Labute approximate surface area is 123 Å². The van der Waals surface area contributed by atoms with E-state index >= 15 is 0 Å². The Bertz CT molecular complexity index is 519. The molecule has 0 atom stereocenters. The zero-order valence-electron chi connectivity index (χ0n) is 12.5. The lowest BCUT2D eigenvalue weighted by molar-refractivity contribution is -0.153. The van der Waals surface area contributed by atoms with Crippen LogP contribution in [0.5, 0.6) is 0 Å². The molecule has 21 heavy (non-hydrogen) atoms. The monoisotopic (exact) mass is 295 g/mol. The maximum Gasteiger partial charge on any atom is 0.336 e. The lowest BCUT2D eigenvalue weighted by Crippen LogP contribution is -2.31. The molecule has 6 heteroatoms. The normalized spacial score (nSPS) is 11.2. The second-order valence-electron chi connectivity index (χ2n) is 5.60. The van der Waals surface area contributed by atoms with Gasteiger partial charge in [-0.1, -0.05) is 12.1 Å². The molecule has 0 aliphatic heterocycles. The quantitative estimate of drug-likeness (QED) is 0.685. The largest absolute Gasteiger partial charge is 0.478 e. The van der Waals surface area contributed by atoms with Crippen LogP contribution in [0.3, 0.4) is 0 Å². The number of carbonyl (C=O) groups excluding carboxylic acids is 1. The fourth-order valence-electron chi connectivity index (χ4n) is 1.86. The highest BCUT2D eigenvalue weighted by Gasteiger charge is 2.16. The average molecular weight is 295 g/mol. The Hall–Kier alpha value is -1.92. The summed E-state index contributed by atoms with van der Waals surface area (Å²) >= 11 is 0. The predicted molar refractivity (Wildman–Crippen MR) is 76.9 cm³/mol. The first kappa shape index (κ1) is 17.1. The van der Waals surface area contributed by atoms with E-state index in [-0.39, 0.29) is 31.2 Å². The van der Waals surface area contributed by atoms with Crippen molar-refractivity contribution in [3.63, 3.8) is 0 Å². The minimum Gasteiger partial charge on any atom is -0.478 e. The van der Waals surface area contributed by atoms with E-state index in [1.807, 2.05) is 0 Å². The Morgan fingerprint density at radius 1 is 1.29 bits per heavy atom. The number of hydrogen-bond donors (Lipinski definition) is 3. The first-order valence-corrected chi connectivity index (χ1v) is 6.62. The molecule has 0 radical (unpaired) electrons. The number of aliphatic hydroxyl groups is 1. The summed E-state index contributed by atoms with van der Waals surface area (Å²) in [5, 5.41) is 21.3. The van der Waals surface area contributed by atoms with E-state index in [2.05, 4.69) is 5.32 Å². The zero-order chi connectivity index (χ0) is 16.0. The third kappa shape index (κ3) is 5.53. The van der Waals surface area contributed by atoms with Crippen LogP contribution in [0.25, 0.3) is 0 Å². The number of hydrogen-bond acceptors (Lipinski definition) is 5. The second-order valence-corrected chi connectivity index (χ2v) is 5.60. The summed E-state index contributed by atoms with van der Waals surface area (Å²) < 4.78 is 5.15. The standard InChI is InChI=1S/C15H21NO5/c1-15(2,3)21-13(18)8-16-7-10-5-4-6-11(14(19)20)12(10)9-17/h4-6,16-17H,7-9H2,1-3H3,(H,19,20). The molecule has 6 nitrogen and oxygen atoms in total. The summed E-state index contributed by atoms with van der Waals surface area (Å²) in [6, 6.07) is 4.75. The van der Waals surface area contributed by atoms with Gasteiger partial charge in [-0.2, -0.15) is 0 Å². The van der Waals surface area contributed by atoms with E-state index in [4.69, 9.17) is 9.84 Å². The summed E-state index contributed by atoms with van der Waals surface area (Å²) in [7, 11) is 0. The fraction of sp³-hybridized carbons (Fsp3) is 0.467. The van der Waals surface area contributed by atoms with E-state index in [0.29, 0.717) is 11.1 Å². The van der Waals surface area contributed by atoms with Crippen LogP contribution in [0, 0.1) is 0 Å². The summed E-state index contributed by atoms with van der Waals surface area (Å²) in [5.41, 5.74) is 0.509. The highest BCUT2D eigenvalue weighted by atomic mass is 16.6. The number of aromatic carboxylic acids is 1. The van der Waals surface area contributed by atoms with Gasteiger partial charge in [0, 0.05) is 6.54 Å². The molecular weight excluding hydrogens is 274 g/mol. The summed E-state index contributed by atoms with van der Waals surface area (Å²) in [6.45, 7) is 5.27. The van der Waals surface area contributed by atoms with Gasteiger partial charge in [0.2, 0.25) is 0 Å². The molecule has 0 heterocycles. The number of carboxylic acid groups (broad SMARTS) is 1. The SMILES string of the molecule is CC(C)(C)OC(=O)CNCc1cccc(C(=O)O)c1CO. The van der Waals surface area contributed by atoms with Gasteiger partial charge in [-0.15, -0.1) is 0 Å². The van der Waals surface area contributed by atoms with Gasteiger partial charge >= 0.3 is 11.9 Å². The van der Waals surface area contributed by atoms with Crippen molar-refractivity contribution in [3.05, 3.63) is 34.9 Å². The smallest absolute Gasteiger partial charge is 0.336 e. The number of aliphatic hydroxyl groups excluding tert-OH is 1. The highest BCUT2D eigenvalue weighted by molar-refractivity contribution is 5.89. The van der Waals surface area contributed by atoms with Crippen LogP contribution in [0.2, 0.25) is 0 Å². The van der Waals surface area contributed by atoms with E-state index in [1.165, 1.54) is 6.07 Å². The molecule has 3 N–H and O–H groups in total. The van der Waals surface area contributed by atoms with Crippen molar-refractivity contribution in [2.24, 2.45) is 0 Å². The van der Waals surface area contributed by atoms with E-state index < -0.39 is 11.6 Å². The van der Waals surface area contributed by atoms with Gasteiger partial charge in [0.15, 0.2) is 0 Å². The molecule has 0 aliphatic rings. The van der Waals surface area contributed by atoms with Crippen LogP contribution >= 0.6 is 0 Å². The Morgan fingerprint density at radius 3 is 2.48 bits per heavy atom. The first-order chi connectivity index (χ1) is 9.74. The number of ether oxygens (including phenoxy) is 1. The molecule has 0 unspecified atom stereocenters. The van der Waals surface area contributed by atoms with Gasteiger partial charge < -0.3 is 20.3 Å². The van der Waals surface area contributed by atoms with Crippen molar-refractivity contribution in [3.8, 4) is 0 Å². The number of rotatable bonds is 6. The topological polar surface area (TPSA) is 95.9 Å². The molecule has 1 rings (SSSR count). The molecule has 116 valence electrons. The molecule has 0 spiro atoms. The van der Waals surface area contributed by atoms with Gasteiger partial charge in [0.25, 0.3) is 0 Å². The lowest BCUT2D eigenvalue weighted by atomic mass is 10.0. The number of carboxylic acids is 1. The van der Waals surface area contributed by atoms with Gasteiger partial charge in [-0.3, -0.25) is 4.79 Å². The van der Waals surface area contributed by atoms with Crippen LogP contribution in [0.4, 0.5) is 0 Å². The number of carbonyl (C=O) groups is 2. The molecule has 0 saturated carbocycles. The zero-order valence-corrected chi connectivity index (χ0v) is 12.5. The van der Waals surface area contributed by atoms with E-state index in [0.717, 1.165) is 0 Å². The first-order valence-electron chi connectivity index (χ1n) is 6.62. The average Bonchev–Trinajstić information content (AvgIpc) is 2.36. The van der Waals surface area contributed by atoms with Crippen molar-refractivity contribution in [2.75, 3.05) is 6.54 Å². The number of benzene rings is 1. The highest BCUT2D eigenvalue weighted by Crippen LogP contribution is 2.15. The number of esters is 1. The van der Waals surface area contributed by atoms with Crippen molar-refractivity contribution >= 4 is 11.9 Å². The van der Waals surface area contributed by atoms with Crippen LogP contribution in [-0.4, -0.2) is 34.3 Å². The summed E-state index contributed by atoms with van der Waals surface area (Å²) in [4.78, 5) is 22.6. The van der Waals surface area contributed by atoms with Gasteiger partial charge in [-0.25, -0.2) is 4.79 Å². The van der Waals surface area contributed by atoms with Crippen LogP contribution in [0.15, 0.2) is 18.2 Å². The minimum absolute atomic E-state index is 0.0133. The Balaban J connectivity index is 2.66. The molecule has 0 amide bonds. The molecule has 1 aromatic rings. The fourth-order valence-corrected chi connectivity index (χ4v) is 1.86. The summed E-state index contributed by atoms with van der Waals surface area (Å²) in [5.74, 6) is -1.48. The summed E-state index contributed by atoms with van der Waals surface area (Å²) in [6.07, 6.45) is 0. The minimum atomic E-state index is -1.09. The maximum atomic E-state index is 11.6. The maximum absolute atomic E-state index is 11.6. The lowest BCUT2D eigenvalue weighted by Gasteiger charge is -2.19. The van der Waals surface area contributed by atoms with Gasteiger partial charge in [-0.05, 0) is 38.0 Å². The predicted octanol–water partition coefficient (Wildman–Crippen LogP) is 1.31. The Morgan fingerprint density at radius 2 is 1.95 bits per heavy atom. The van der Waals surface area contributed by atoms with Crippen molar-refractivity contribution in [1.82, 2.24) is 5.32 Å². The molecule has 1 aromatic carbocycles. The third-order valence-corrected chi connectivity index (χ3v) is 2.67. The van der Waals surface area contributed by atoms with Crippen LogP contribution in [0.1, 0.15) is 42.3 Å². The Kier molecular flexibility index (Phi) is 5.87. The molecule has 0 fully saturated rings. The van der Waals surface area contributed by atoms with Crippen LogP contribution in [-0.2, 0) is 22.7 Å². The van der Waals surface area contributed by atoms with E-state index in [1.54, 1.807) is 32.9 Å². The van der Waals surface area contributed by atoms with Crippen molar-refractivity contribution in [2.45, 2.75) is 39.5 Å². The van der Waals surface area contributed by atoms with Crippen LogP contribution < -0.4 is 5.32 Å². The third-order valence-electron chi connectivity index (χ3n) is 2.67. The van der Waals surface area contributed by atoms with Gasteiger partial charge in [0.1, 0.15) is 5.60 Å². The van der Waals surface area contributed by atoms with E-state index in [9.17, 15) is 14.7 Å². The molecule has 0 aromatic heterocycles. The molecule has 0 saturated heterocycles. The second kappa shape index (κ2) is 7.19. The number of nitrogens with one attached hydrogen (secondary N) is 1. The van der Waals surface area contributed by atoms with Crippen molar-refractivity contribution < 1.29 is 24.5 Å². The van der Waals surface area contributed by atoms with Gasteiger partial charge in [0.05, 0.1) is 18.7 Å². The molecule has 0 bridgehead atoms. The molecule has 0 aliphatic carbocycles. The molecular formula is C15H21NO5.